The Balaban J connectivity index is 2.51. The highest BCUT2D eigenvalue weighted by molar-refractivity contribution is 4.94. The lowest BCUT2D eigenvalue weighted by Crippen LogP contribution is -2.01. The van der Waals surface area contributed by atoms with Crippen molar-refractivity contribution >= 4 is 0 Å². The van der Waals surface area contributed by atoms with Gasteiger partial charge in [-0.3, -0.25) is 0 Å². The maximum absolute atomic E-state index is 8.53. The van der Waals surface area contributed by atoms with E-state index < -0.39 is 0 Å². The van der Waals surface area contributed by atoms with Gasteiger partial charge in [0, 0.05) is 12.8 Å². The van der Waals surface area contributed by atoms with E-state index in [0.29, 0.717) is 25.3 Å². The normalized spacial score (nSPS) is 10.4. The van der Waals surface area contributed by atoms with Crippen LogP contribution in [0.3, 0.4) is 0 Å². The minimum atomic E-state index is 0.0720. The molecule has 0 aromatic carbocycles. The molecule has 0 amide bonds. The van der Waals surface area contributed by atoms with E-state index in [9.17, 15) is 0 Å². The molecule has 0 aliphatic carbocycles. The van der Waals surface area contributed by atoms with Crippen molar-refractivity contribution in [2.45, 2.75) is 12.8 Å². The SMILES string of the molecule is NCCc1cnc(CCO)o1. The quantitative estimate of drug-likeness (QED) is 0.628. The van der Waals surface area contributed by atoms with Gasteiger partial charge in [-0.2, -0.15) is 0 Å². The first-order valence-corrected chi connectivity index (χ1v) is 3.61. The number of rotatable bonds is 4. The first-order valence-electron chi connectivity index (χ1n) is 3.61. The van der Waals surface area contributed by atoms with E-state index in [4.69, 9.17) is 15.3 Å². The molecule has 0 atom stereocenters. The van der Waals surface area contributed by atoms with Gasteiger partial charge in [-0.05, 0) is 6.54 Å². The number of oxazole rings is 1. The van der Waals surface area contributed by atoms with E-state index in [1.54, 1.807) is 6.20 Å². The van der Waals surface area contributed by atoms with Crippen LogP contribution in [-0.2, 0) is 12.8 Å². The number of nitrogens with two attached hydrogens (primary N) is 1. The minimum Gasteiger partial charge on any atom is -0.446 e. The van der Waals surface area contributed by atoms with Gasteiger partial charge in [0.05, 0.1) is 12.8 Å². The first-order chi connectivity index (χ1) is 5.36. The average molecular weight is 156 g/mol. The number of aromatic nitrogens is 1. The largest absolute Gasteiger partial charge is 0.446 e. The highest BCUT2D eigenvalue weighted by Crippen LogP contribution is 2.03. The van der Waals surface area contributed by atoms with Crippen LogP contribution in [0.4, 0.5) is 0 Å². The second-order valence-electron chi connectivity index (χ2n) is 2.23. The van der Waals surface area contributed by atoms with Crippen LogP contribution in [0.25, 0.3) is 0 Å². The number of aliphatic hydroxyl groups is 1. The average Bonchev–Trinajstić information content (AvgIpc) is 2.38. The van der Waals surface area contributed by atoms with Gasteiger partial charge in [0.25, 0.3) is 0 Å². The van der Waals surface area contributed by atoms with Crippen molar-refractivity contribution in [3.63, 3.8) is 0 Å². The molecule has 0 saturated carbocycles. The van der Waals surface area contributed by atoms with Crippen molar-refractivity contribution in [3.8, 4) is 0 Å². The number of hydrogen-bond acceptors (Lipinski definition) is 4. The smallest absolute Gasteiger partial charge is 0.196 e. The van der Waals surface area contributed by atoms with Crippen molar-refractivity contribution in [2.75, 3.05) is 13.2 Å². The monoisotopic (exact) mass is 156 g/mol. The second-order valence-corrected chi connectivity index (χ2v) is 2.23. The lowest BCUT2D eigenvalue weighted by Gasteiger charge is -1.89. The topological polar surface area (TPSA) is 72.3 Å². The molecule has 0 unspecified atom stereocenters. The molecule has 0 saturated heterocycles. The summed E-state index contributed by atoms with van der Waals surface area (Å²) in [5.74, 6) is 1.37. The van der Waals surface area contributed by atoms with E-state index in [0.717, 1.165) is 5.76 Å². The maximum Gasteiger partial charge on any atom is 0.196 e. The fourth-order valence-electron chi connectivity index (χ4n) is 0.817. The zero-order chi connectivity index (χ0) is 8.10. The van der Waals surface area contributed by atoms with Crippen LogP contribution in [0, 0.1) is 0 Å². The summed E-state index contributed by atoms with van der Waals surface area (Å²) in [6, 6.07) is 0. The Morgan fingerprint density at radius 1 is 1.55 bits per heavy atom. The zero-order valence-electron chi connectivity index (χ0n) is 6.29. The Bertz CT molecular complexity index is 189. The van der Waals surface area contributed by atoms with Gasteiger partial charge in [0.1, 0.15) is 5.76 Å². The van der Waals surface area contributed by atoms with Crippen LogP contribution in [0.1, 0.15) is 11.7 Å². The first kappa shape index (κ1) is 8.23. The predicted molar refractivity (Wildman–Crippen MR) is 40.1 cm³/mol. The highest BCUT2D eigenvalue weighted by atomic mass is 16.4. The summed E-state index contributed by atoms with van der Waals surface area (Å²) in [6.07, 6.45) is 2.83. The van der Waals surface area contributed by atoms with Crippen molar-refractivity contribution in [1.29, 1.82) is 0 Å². The van der Waals surface area contributed by atoms with Crippen molar-refractivity contribution in [2.24, 2.45) is 5.73 Å². The minimum absolute atomic E-state index is 0.0720. The van der Waals surface area contributed by atoms with Gasteiger partial charge >= 0.3 is 0 Å². The summed E-state index contributed by atoms with van der Waals surface area (Å²) in [6.45, 7) is 0.635. The van der Waals surface area contributed by atoms with Gasteiger partial charge < -0.3 is 15.3 Å². The standard InChI is InChI=1S/C7H12N2O2/c8-3-1-6-5-9-7(11-6)2-4-10/h5,10H,1-4,8H2. The number of hydrogen-bond donors (Lipinski definition) is 2. The van der Waals surface area contributed by atoms with E-state index in [2.05, 4.69) is 4.98 Å². The summed E-state index contributed by atoms with van der Waals surface area (Å²) in [5.41, 5.74) is 5.31. The highest BCUT2D eigenvalue weighted by Gasteiger charge is 2.00. The molecular weight excluding hydrogens is 144 g/mol. The Kier molecular flexibility index (Phi) is 3.07. The van der Waals surface area contributed by atoms with Crippen LogP contribution >= 0.6 is 0 Å². The van der Waals surface area contributed by atoms with Gasteiger partial charge in [-0.15, -0.1) is 0 Å². The molecule has 4 nitrogen and oxygen atoms in total. The third-order valence-electron chi connectivity index (χ3n) is 1.32. The predicted octanol–water partition coefficient (Wildman–Crippen LogP) is -0.289. The van der Waals surface area contributed by atoms with Crippen LogP contribution in [0.15, 0.2) is 10.6 Å². The van der Waals surface area contributed by atoms with E-state index >= 15 is 0 Å². The molecule has 62 valence electrons. The van der Waals surface area contributed by atoms with E-state index in [1.165, 1.54) is 0 Å². The lowest BCUT2D eigenvalue weighted by atomic mass is 10.4. The molecule has 3 N–H and O–H groups in total. The molecule has 11 heavy (non-hydrogen) atoms. The van der Waals surface area contributed by atoms with Crippen LogP contribution in [0.5, 0.6) is 0 Å². The van der Waals surface area contributed by atoms with Crippen molar-refractivity contribution < 1.29 is 9.52 Å². The molecule has 1 rings (SSSR count). The van der Waals surface area contributed by atoms with Gasteiger partial charge in [-0.1, -0.05) is 0 Å². The Morgan fingerprint density at radius 3 is 3.00 bits per heavy atom. The van der Waals surface area contributed by atoms with Crippen molar-refractivity contribution in [1.82, 2.24) is 4.98 Å². The summed E-state index contributed by atoms with van der Waals surface area (Å²) < 4.78 is 5.21. The molecule has 0 spiro atoms. The number of aliphatic hydroxyl groups excluding tert-OH is 1. The summed E-state index contributed by atoms with van der Waals surface area (Å²) in [7, 11) is 0. The van der Waals surface area contributed by atoms with Crippen molar-refractivity contribution in [3.05, 3.63) is 17.8 Å². The third kappa shape index (κ3) is 2.32. The molecule has 0 aliphatic rings. The second kappa shape index (κ2) is 4.10. The molecule has 0 radical (unpaired) electrons. The van der Waals surface area contributed by atoms with Gasteiger partial charge in [0.2, 0.25) is 0 Å². The van der Waals surface area contributed by atoms with Gasteiger partial charge in [-0.25, -0.2) is 4.98 Å². The third-order valence-corrected chi connectivity index (χ3v) is 1.32. The van der Waals surface area contributed by atoms with Crippen LogP contribution in [0.2, 0.25) is 0 Å². The molecule has 1 aromatic heterocycles. The fourth-order valence-corrected chi connectivity index (χ4v) is 0.817. The number of nitrogens with zero attached hydrogens (tertiary/aromatic N) is 1. The van der Waals surface area contributed by atoms with E-state index in [-0.39, 0.29) is 6.61 Å². The summed E-state index contributed by atoms with van der Waals surface area (Å²) in [5, 5.41) is 8.53. The van der Waals surface area contributed by atoms with Gasteiger partial charge in [0.15, 0.2) is 5.89 Å². The Hall–Kier alpha value is -0.870. The molecule has 4 heteroatoms. The molecule has 0 aliphatic heterocycles. The Morgan fingerprint density at radius 2 is 2.36 bits per heavy atom. The Labute approximate surface area is 65.0 Å². The molecule has 1 aromatic rings. The van der Waals surface area contributed by atoms with E-state index in [1.807, 2.05) is 0 Å². The van der Waals surface area contributed by atoms with Crippen LogP contribution in [-0.4, -0.2) is 23.2 Å². The van der Waals surface area contributed by atoms with Crippen LogP contribution < -0.4 is 5.73 Å². The molecule has 1 heterocycles. The molecular formula is C7H12N2O2. The zero-order valence-corrected chi connectivity index (χ0v) is 6.29. The molecule has 0 fully saturated rings. The fraction of sp³-hybridized carbons (Fsp3) is 0.571. The lowest BCUT2D eigenvalue weighted by molar-refractivity contribution is 0.283. The summed E-state index contributed by atoms with van der Waals surface area (Å²) >= 11 is 0. The summed E-state index contributed by atoms with van der Waals surface area (Å²) in [4.78, 5) is 3.94. The molecule has 0 bridgehead atoms. The maximum atomic E-state index is 8.53.